The number of hydrogen-bond acceptors (Lipinski definition) is 7. The molecule has 0 aliphatic carbocycles. The molecule has 0 heterocycles. The molecule has 0 bridgehead atoms. The molecule has 10 nitrogen and oxygen atoms in total. The maximum Gasteiger partial charge on any atom is 0.436 e. The summed E-state index contributed by atoms with van der Waals surface area (Å²) in [7, 11) is 2.85. The van der Waals surface area contributed by atoms with Crippen LogP contribution >= 0.6 is 11.8 Å². The molecule has 0 radical (unpaired) electrons. The highest BCUT2D eigenvalue weighted by Crippen LogP contribution is 2.27. The number of carboxylic acid groups (broad SMARTS) is 2. The summed E-state index contributed by atoms with van der Waals surface area (Å²) < 4.78 is 14.8. The van der Waals surface area contributed by atoms with Gasteiger partial charge in [0, 0.05) is 14.2 Å². The van der Waals surface area contributed by atoms with E-state index in [2.05, 4.69) is 0 Å². The highest BCUT2D eigenvalue weighted by Gasteiger charge is 2.44. The molecule has 0 rings (SSSR count). The maximum atomic E-state index is 11.3. The minimum Gasteiger partial charge on any atom is -0.465 e. The van der Waals surface area contributed by atoms with Crippen molar-refractivity contribution in [3.63, 3.8) is 0 Å². The fourth-order valence-electron chi connectivity index (χ4n) is 1.21. The van der Waals surface area contributed by atoms with Gasteiger partial charge in [0.15, 0.2) is 0 Å². The van der Waals surface area contributed by atoms with E-state index in [-0.39, 0.29) is 26.4 Å². The summed E-state index contributed by atoms with van der Waals surface area (Å²) in [5.41, 5.74) is 0. The van der Waals surface area contributed by atoms with Crippen molar-refractivity contribution in [2.75, 3.05) is 46.9 Å². The Hall–Kier alpha value is -1.27. The number of methoxy groups -OCH3 is 2. The van der Waals surface area contributed by atoms with E-state index in [1.165, 1.54) is 20.5 Å². The topological polar surface area (TPSA) is 127 Å². The normalized spacial score (nSPS) is 13.5. The zero-order chi connectivity index (χ0) is 16.3. The number of rotatable bonds is 11. The molecule has 0 saturated heterocycles. The van der Waals surface area contributed by atoms with E-state index in [0.29, 0.717) is 5.06 Å². The van der Waals surface area contributed by atoms with Crippen LogP contribution in [0.2, 0.25) is 0 Å². The standard InChI is InChI=1S/C10H20N2O8S/c1-17-4-6-19-10(21-3,11-8(13)14)12(9(15)16)20-7-5-18-2/h11H,4-7H2,1-3H3,(H,13,14)(H,15,16). The van der Waals surface area contributed by atoms with Gasteiger partial charge in [-0.05, 0) is 6.26 Å². The van der Waals surface area contributed by atoms with Gasteiger partial charge in [0.25, 0.3) is 0 Å². The first-order chi connectivity index (χ1) is 9.93. The summed E-state index contributed by atoms with van der Waals surface area (Å²) in [6.45, 7) is 0.129. The fourth-order valence-corrected chi connectivity index (χ4v) is 1.90. The second-order valence-electron chi connectivity index (χ2n) is 3.46. The van der Waals surface area contributed by atoms with E-state index in [4.69, 9.17) is 24.2 Å². The van der Waals surface area contributed by atoms with Gasteiger partial charge in [0.1, 0.15) is 0 Å². The Morgan fingerprint density at radius 2 is 1.71 bits per heavy atom. The van der Waals surface area contributed by atoms with Gasteiger partial charge in [-0.15, -0.1) is 5.06 Å². The lowest BCUT2D eigenvalue weighted by Gasteiger charge is -2.38. The Kier molecular flexibility index (Phi) is 9.82. The monoisotopic (exact) mass is 328 g/mol. The number of nitrogens with zero attached hydrogens (tertiary/aromatic N) is 1. The molecule has 0 fully saturated rings. The van der Waals surface area contributed by atoms with Crippen LogP contribution in [0.1, 0.15) is 0 Å². The van der Waals surface area contributed by atoms with Crippen LogP contribution in [0.15, 0.2) is 0 Å². The van der Waals surface area contributed by atoms with Gasteiger partial charge >= 0.3 is 17.4 Å². The van der Waals surface area contributed by atoms with Gasteiger partial charge in [-0.2, -0.15) is 0 Å². The summed E-state index contributed by atoms with van der Waals surface area (Å²) in [5.74, 6) is 0. The third kappa shape index (κ3) is 6.82. The minimum absolute atomic E-state index is 0.0466. The molecule has 0 aliphatic heterocycles. The molecular formula is C10H20N2O8S. The molecule has 11 heteroatoms. The second kappa shape index (κ2) is 10.5. The van der Waals surface area contributed by atoms with Crippen molar-refractivity contribution < 1.29 is 38.9 Å². The van der Waals surface area contributed by atoms with Gasteiger partial charge < -0.3 is 24.4 Å². The molecule has 0 aromatic heterocycles. The van der Waals surface area contributed by atoms with E-state index >= 15 is 0 Å². The van der Waals surface area contributed by atoms with Crippen molar-refractivity contribution in [3.05, 3.63) is 0 Å². The summed E-state index contributed by atoms with van der Waals surface area (Å²) in [5, 5.41) is 18.5. The van der Waals surface area contributed by atoms with Crippen LogP contribution in [0.4, 0.5) is 9.59 Å². The van der Waals surface area contributed by atoms with Crippen LogP contribution in [0.3, 0.4) is 0 Å². The Labute approximate surface area is 126 Å². The minimum atomic E-state index is -1.95. The third-order valence-electron chi connectivity index (χ3n) is 2.08. The number of hydroxylamine groups is 2. The summed E-state index contributed by atoms with van der Waals surface area (Å²) in [4.78, 5) is 27.3. The highest BCUT2D eigenvalue weighted by molar-refractivity contribution is 7.99. The summed E-state index contributed by atoms with van der Waals surface area (Å²) in [6, 6.07) is 0. The predicted molar refractivity (Wildman–Crippen MR) is 72.9 cm³/mol. The van der Waals surface area contributed by atoms with Crippen LogP contribution in [0, 0.1) is 0 Å². The molecule has 21 heavy (non-hydrogen) atoms. The number of hydrogen-bond donors (Lipinski definition) is 3. The van der Waals surface area contributed by atoms with Crippen LogP contribution in [0.25, 0.3) is 0 Å². The Balaban J connectivity index is 5.13. The number of ether oxygens (including phenoxy) is 3. The van der Waals surface area contributed by atoms with Crippen LogP contribution < -0.4 is 5.32 Å². The third-order valence-corrected chi connectivity index (χ3v) is 3.01. The number of carbonyl (C=O) groups is 2. The molecule has 0 spiro atoms. The Morgan fingerprint density at radius 1 is 1.14 bits per heavy atom. The quantitative estimate of drug-likeness (QED) is 0.281. The first-order valence-corrected chi connectivity index (χ1v) is 7.00. The van der Waals surface area contributed by atoms with Gasteiger partial charge in [-0.3, -0.25) is 10.2 Å². The van der Waals surface area contributed by atoms with Gasteiger partial charge in [-0.1, -0.05) is 11.8 Å². The number of nitrogens with one attached hydrogen (secondary N) is 1. The average Bonchev–Trinajstić information content (AvgIpc) is 2.42. The second-order valence-corrected chi connectivity index (χ2v) is 4.42. The Morgan fingerprint density at radius 3 is 2.14 bits per heavy atom. The van der Waals surface area contributed by atoms with Gasteiger partial charge in [0.05, 0.1) is 26.4 Å². The zero-order valence-corrected chi connectivity index (χ0v) is 12.8. The molecule has 0 aliphatic rings. The highest BCUT2D eigenvalue weighted by atomic mass is 32.2. The molecular weight excluding hydrogens is 308 g/mol. The first kappa shape index (κ1) is 19.7. The molecule has 124 valence electrons. The smallest absolute Gasteiger partial charge is 0.436 e. The van der Waals surface area contributed by atoms with Crippen molar-refractivity contribution in [1.82, 2.24) is 10.4 Å². The SMILES string of the molecule is COCCON(C(=O)O)C(NC(=O)O)(OCCOC)SC. The lowest BCUT2D eigenvalue weighted by molar-refractivity contribution is -0.255. The van der Waals surface area contributed by atoms with E-state index in [0.717, 1.165) is 11.8 Å². The summed E-state index contributed by atoms with van der Waals surface area (Å²) >= 11 is 0.800. The van der Waals surface area contributed by atoms with Crippen molar-refractivity contribution >= 4 is 23.9 Å². The van der Waals surface area contributed by atoms with Crippen LogP contribution in [-0.2, 0) is 19.0 Å². The molecule has 1 atom stereocenters. The largest absolute Gasteiger partial charge is 0.465 e. The first-order valence-electron chi connectivity index (χ1n) is 5.77. The lowest BCUT2D eigenvalue weighted by atomic mass is 10.7. The van der Waals surface area contributed by atoms with Gasteiger partial charge in [-0.25, -0.2) is 9.59 Å². The van der Waals surface area contributed by atoms with E-state index < -0.39 is 17.4 Å². The van der Waals surface area contributed by atoms with Crippen molar-refractivity contribution in [3.8, 4) is 0 Å². The fraction of sp³-hybridized carbons (Fsp3) is 0.800. The van der Waals surface area contributed by atoms with Crippen molar-refractivity contribution in [1.29, 1.82) is 0 Å². The molecule has 0 aromatic carbocycles. The number of amides is 2. The maximum absolute atomic E-state index is 11.3. The zero-order valence-electron chi connectivity index (χ0n) is 12.0. The Bertz CT molecular complexity index is 332. The molecule has 1 unspecified atom stereocenters. The van der Waals surface area contributed by atoms with Crippen molar-refractivity contribution in [2.45, 2.75) is 5.18 Å². The van der Waals surface area contributed by atoms with E-state index in [9.17, 15) is 14.7 Å². The molecule has 0 aromatic rings. The van der Waals surface area contributed by atoms with Crippen LogP contribution in [-0.4, -0.2) is 79.5 Å². The van der Waals surface area contributed by atoms with E-state index in [1.54, 1.807) is 0 Å². The van der Waals surface area contributed by atoms with Crippen molar-refractivity contribution in [2.24, 2.45) is 0 Å². The average molecular weight is 328 g/mol. The van der Waals surface area contributed by atoms with E-state index in [1.807, 2.05) is 5.32 Å². The summed E-state index contributed by atoms with van der Waals surface area (Å²) in [6.07, 6.45) is -1.52. The lowest BCUT2D eigenvalue weighted by Crippen LogP contribution is -2.61. The molecule has 3 N–H and O–H groups in total. The predicted octanol–water partition coefficient (Wildman–Crippen LogP) is 0.449. The molecule has 0 saturated carbocycles. The van der Waals surface area contributed by atoms with Gasteiger partial charge in [0.2, 0.25) is 0 Å². The molecule has 2 amide bonds. The van der Waals surface area contributed by atoms with Crippen LogP contribution in [0.5, 0.6) is 0 Å². The number of thioether (sulfide) groups is 1.